The minimum atomic E-state index is -3.95. The number of aryl methyl sites for hydroxylation is 1. The van der Waals surface area contributed by atoms with Gasteiger partial charge in [0.2, 0.25) is 5.91 Å². The lowest BCUT2D eigenvalue weighted by atomic mass is 10.0. The first-order valence-corrected chi connectivity index (χ1v) is 14.9. The van der Waals surface area contributed by atoms with Crippen molar-refractivity contribution in [3.63, 3.8) is 0 Å². The maximum absolute atomic E-state index is 13.3. The third-order valence-corrected chi connectivity index (χ3v) is 8.93. The molecule has 3 aromatic rings. The number of aromatic nitrogens is 2. The second-order valence-corrected chi connectivity index (χ2v) is 12.4. The molecule has 0 saturated carbocycles. The van der Waals surface area contributed by atoms with Crippen molar-refractivity contribution in [2.75, 3.05) is 13.3 Å². The van der Waals surface area contributed by atoms with Crippen LogP contribution in [0.25, 0.3) is 11.1 Å². The van der Waals surface area contributed by atoms with E-state index in [0.717, 1.165) is 11.1 Å². The minimum absolute atomic E-state index is 0.0977. The number of ether oxygens (including phenoxy) is 1. The molecule has 216 valence electrons. The average molecular weight is 572 g/mol. The zero-order valence-corrected chi connectivity index (χ0v) is 24.1. The van der Waals surface area contributed by atoms with E-state index in [1.165, 1.54) is 16.6 Å². The van der Waals surface area contributed by atoms with Crippen LogP contribution in [0.1, 0.15) is 51.4 Å². The Kier molecular flexibility index (Phi) is 9.67. The fraction of sp³-hybridized carbons (Fsp3) is 0.500. The predicted octanol–water partition coefficient (Wildman–Crippen LogP) is 2.94. The van der Waals surface area contributed by atoms with Crippen molar-refractivity contribution in [3.05, 3.63) is 54.0 Å². The number of ketones is 1. The largest absolute Gasteiger partial charge is 0.457 e. The van der Waals surface area contributed by atoms with E-state index >= 15 is 0 Å². The van der Waals surface area contributed by atoms with Crippen molar-refractivity contribution in [1.82, 2.24) is 24.9 Å². The Morgan fingerprint density at radius 2 is 1.95 bits per heavy atom. The first-order valence-electron chi connectivity index (χ1n) is 13.5. The minimum Gasteiger partial charge on any atom is -0.457 e. The van der Waals surface area contributed by atoms with E-state index < -0.39 is 28.1 Å². The summed E-state index contributed by atoms with van der Waals surface area (Å²) in [6.07, 6.45) is 4.40. The van der Waals surface area contributed by atoms with Crippen molar-refractivity contribution >= 4 is 32.8 Å². The first kappa shape index (κ1) is 29.8. The molecule has 1 aliphatic rings. The average Bonchev–Trinajstić information content (AvgIpc) is 3.18. The lowest BCUT2D eigenvalue weighted by molar-refractivity contribution is -0.129. The van der Waals surface area contributed by atoms with Crippen LogP contribution in [-0.4, -0.2) is 65.8 Å². The highest BCUT2D eigenvalue weighted by Crippen LogP contribution is 2.24. The number of fused-ring (bicyclic) bond motifs is 1. The Morgan fingerprint density at radius 1 is 1.18 bits per heavy atom. The topological polar surface area (TPSA) is 144 Å². The Morgan fingerprint density at radius 3 is 2.65 bits per heavy atom. The van der Waals surface area contributed by atoms with Gasteiger partial charge in [0.15, 0.2) is 16.4 Å². The van der Waals surface area contributed by atoms with E-state index in [9.17, 15) is 18.0 Å². The quantitative estimate of drug-likeness (QED) is 0.262. The number of nitrogens with one attached hydrogen (secondary N) is 2. The Labute approximate surface area is 234 Å². The maximum atomic E-state index is 13.3. The second-order valence-electron chi connectivity index (χ2n) is 10.6. The van der Waals surface area contributed by atoms with Gasteiger partial charge in [-0.05, 0) is 63.3 Å². The van der Waals surface area contributed by atoms with E-state index in [1.807, 2.05) is 32.9 Å². The van der Waals surface area contributed by atoms with Gasteiger partial charge in [-0.15, -0.1) is 0 Å². The number of hydrogen-bond acceptors (Lipinski definition) is 9. The summed E-state index contributed by atoms with van der Waals surface area (Å²) in [5, 5.41) is 5.90. The Balaban J connectivity index is 1.36. The molecule has 4 rings (SSSR count). The van der Waals surface area contributed by atoms with E-state index in [1.54, 1.807) is 25.3 Å². The molecule has 1 saturated heterocycles. The zero-order chi connectivity index (χ0) is 28.9. The molecule has 2 N–H and O–H groups in total. The van der Waals surface area contributed by atoms with Crippen LogP contribution in [0.2, 0.25) is 0 Å². The number of rotatable bonds is 11. The number of sulfonamides is 1. The lowest BCUT2D eigenvalue weighted by Gasteiger charge is -2.25. The molecule has 1 aliphatic heterocycles. The number of furan rings is 1. The van der Waals surface area contributed by atoms with Gasteiger partial charge in [0, 0.05) is 24.0 Å². The smallest absolute Gasteiger partial charge is 0.261 e. The highest BCUT2D eigenvalue weighted by molar-refractivity contribution is 7.89. The third-order valence-electron chi connectivity index (χ3n) is 7.06. The van der Waals surface area contributed by atoms with Crippen LogP contribution in [0.4, 0.5) is 0 Å². The maximum Gasteiger partial charge on any atom is 0.261 e. The van der Waals surface area contributed by atoms with Gasteiger partial charge in [-0.3, -0.25) is 19.9 Å². The molecule has 1 fully saturated rings. The predicted molar refractivity (Wildman–Crippen MR) is 149 cm³/mol. The standard InChI is InChI=1S/C28H37N5O6S/c1-18(2)14-22(31-17-38-16-25-20(4)27-24(39-25)8-7-13-30-27)28(35)32-21-11-10-19(3)33(15-23(21)34)40(36,37)26-9-5-6-12-29-26/h5-9,12-13,18-19,21-22,31H,10-11,14-17H2,1-4H3,(H,32,35)/t19-,21+,22+/m1/s1. The molecule has 0 aliphatic carbocycles. The van der Waals surface area contributed by atoms with Crippen molar-refractivity contribution < 1.29 is 27.2 Å². The van der Waals surface area contributed by atoms with Crippen LogP contribution in [0.3, 0.4) is 0 Å². The summed E-state index contributed by atoms with van der Waals surface area (Å²) >= 11 is 0. The molecule has 11 nitrogen and oxygen atoms in total. The summed E-state index contributed by atoms with van der Waals surface area (Å²) in [5.74, 6) is 0.193. The van der Waals surface area contributed by atoms with E-state index in [2.05, 4.69) is 20.6 Å². The van der Waals surface area contributed by atoms with Crippen molar-refractivity contribution in [2.24, 2.45) is 5.92 Å². The number of Topliss-reactive ketones (excluding diaryl/α,β-unsaturated/α-hetero) is 1. The lowest BCUT2D eigenvalue weighted by Crippen LogP contribution is -2.52. The fourth-order valence-electron chi connectivity index (χ4n) is 4.79. The summed E-state index contributed by atoms with van der Waals surface area (Å²) in [4.78, 5) is 34.7. The summed E-state index contributed by atoms with van der Waals surface area (Å²) in [5.41, 5.74) is 2.39. The van der Waals surface area contributed by atoms with Gasteiger partial charge in [-0.25, -0.2) is 13.4 Å². The number of amides is 1. The van der Waals surface area contributed by atoms with Crippen LogP contribution >= 0.6 is 0 Å². The molecule has 1 amide bonds. The van der Waals surface area contributed by atoms with E-state index in [-0.39, 0.29) is 42.5 Å². The molecule has 0 bridgehead atoms. The number of nitrogens with zero attached hydrogens (tertiary/aromatic N) is 3. The number of pyridine rings is 2. The van der Waals surface area contributed by atoms with Gasteiger partial charge in [0.1, 0.15) is 17.9 Å². The van der Waals surface area contributed by atoms with Crippen LogP contribution in [0.5, 0.6) is 0 Å². The van der Waals surface area contributed by atoms with Crippen LogP contribution < -0.4 is 10.6 Å². The molecule has 0 radical (unpaired) electrons. The summed E-state index contributed by atoms with van der Waals surface area (Å²) in [6, 6.07) is 6.48. The van der Waals surface area contributed by atoms with Gasteiger partial charge >= 0.3 is 0 Å². The summed E-state index contributed by atoms with van der Waals surface area (Å²) in [6.45, 7) is 7.68. The highest BCUT2D eigenvalue weighted by Gasteiger charge is 2.38. The Hall–Kier alpha value is -3.19. The normalized spacial score (nSPS) is 19.6. The van der Waals surface area contributed by atoms with Gasteiger partial charge in [-0.1, -0.05) is 19.9 Å². The molecule has 40 heavy (non-hydrogen) atoms. The van der Waals surface area contributed by atoms with E-state index in [4.69, 9.17) is 9.15 Å². The SMILES string of the molecule is Cc1c(COCN[C@@H](CC(C)C)C(=O)N[C@H]2CC[C@@H](C)N(S(=O)(=O)c3ccccn3)CC2=O)oc2cccnc12. The molecule has 3 aromatic heterocycles. The van der Waals surface area contributed by atoms with E-state index in [0.29, 0.717) is 30.6 Å². The second kappa shape index (κ2) is 13.0. The molecule has 0 spiro atoms. The van der Waals surface area contributed by atoms with Gasteiger partial charge in [-0.2, -0.15) is 4.31 Å². The molecule has 3 atom stereocenters. The highest BCUT2D eigenvalue weighted by atomic mass is 32.2. The number of hydrogen-bond donors (Lipinski definition) is 2. The first-order chi connectivity index (χ1) is 19.1. The van der Waals surface area contributed by atoms with Gasteiger partial charge in [0.05, 0.1) is 25.4 Å². The Bertz CT molecular complexity index is 1430. The number of carbonyl (C=O) groups excluding carboxylic acids is 2. The zero-order valence-electron chi connectivity index (χ0n) is 23.3. The number of carbonyl (C=O) groups is 2. The molecule has 12 heteroatoms. The summed E-state index contributed by atoms with van der Waals surface area (Å²) < 4.78 is 39.1. The van der Waals surface area contributed by atoms with Gasteiger partial charge < -0.3 is 14.5 Å². The fourth-order valence-corrected chi connectivity index (χ4v) is 6.35. The molecular formula is C28H37N5O6S. The molecule has 4 heterocycles. The van der Waals surface area contributed by atoms with Crippen molar-refractivity contribution in [3.8, 4) is 0 Å². The van der Waals surface area contributed by atoms with Crippen molar-refractivity contribution in [2.45, 2.75) is 76.7 Å². The van der Waals surface area contributed by atoms with Gasteiger partial charge in [0.25, 0.3) is 10.0 Å². The monoisotopic (exact) mass is 571 g/mol. The van der Waals surface area contributed by atoms with Crippen LogP contribution in [0.15, 0.2) is 52.2 Å². The van der Waals surface area contributed by atoms with Crippen LogP contribution in [0, 0.1) is 12.8 Å². The summed E-state index contributed by atoms with van der Waals surface area (Å²) in [7, 11) is -3.95. The van der Waals surface area contributed by atoms with Crippen LogP contribution in [-0.2, 0) is 31.0 Å². The molecular weight excluding hydrogens is 534 g/mol. The molecule has 0 aromatic carbocycles. The molecule has 0 unspecified atom stereocenters. The third kappa shape index (κ3) is 6.92. The van der Waals surface area contributed by atoms with Crippen molar-refractivity contribution in [1.29, 1.82) is 0 Å².